The molecule has 27 heavy (non-hydrogen) atoms. The number of aromatic nitrogens is 2. The zero-order valence-corrected chi connectivity index (χ0v) is 15.5. The Kier molecular flexibility index (Phi) is 5.91. The fourth-order valence-corrected chi connectivity index (χ4v) is 3.70. The lowest BCUT2D eigenvalue weighted by Crippen LogP contribution is -2.39. The van der Waals surface area contributed by atoms with Crippen molar-refractivity contribution in [2.45, 2.75) is 38.6 Å². The highest BCUT2D eigenvalue weighted by molar-refractivity contribution is 5.85. The predicted octanol–water partition coefficient (Wildman–Crippen LogP) is 2.78. The number of carboxylic acid groups (broad SMARTS) is 1. The van der Waals surface area contributed by atoms with Gasteiger partial charge in [-0.1, -0.05) is 25.0 Å². The Labute approximate surface area is 158 Å². The zero-order valence-electron chi connectivity index (χ0n) is 15.5. The third-order valence-corrected chi connectivity index (χ3v) is 5.26. The number of rotatable bonds is 8. The van der Waals surface area contributed by atoms with E-state index in [-0.39, 0.29) is 17.0 Å². The Bertz CT molecular complexity index is 809. The molecule has 1 saturated carbocycles. The molecule has 1 fully saturated rings. The minimum absolute atomic E-state index is 0.00461. The van der Waals surface area contributed by atoms with Gasteiger partial charge in [-0.15, -0.1) is 0 Å². The second-order valence-corrected chi connectivity index (χ2v) is 7.03. The molecule has 1 aliphatic carbocycles. The van der Waals surface area contributed by atoms with E-state index in [0.717, 1.165) is 43.4 Å². The Morgan fingerprint density at radius 3 is 2.74 bits per heavy atom. The van der Waals surface area contributed by atoms with Crippen molar-refractivity contribution in [1.82, 2.24) is 15.1 Å². The molecule has 0 radical (unpaired) electrons. The lowest BCUT2D eigenvalue weighted by Gasteiger charge is -2.27. The number of carboxylic acids is 1. The highest BCUT2D eigenvalue weighted by Gasteiger charge is 2.40. The normalized spacial score (nSPS) is 15.6. The molecule has 1 amide bonds. The van der Waals surface area contributed by atoms with Gasteiger partial charge in [0.2, 0.25) is 5.91 Å². The molecule has 0 saturated heterocycles. The van der Waals surface area contributed by atoms with Crippen molar-refractivity contribution in [2.24, 2.45) is 5.41 Å². The van der Waals surface area contributed by atoms with Crippen LogP contribution in [0.15, 0.2) is 36.5 Å². The van der Waals surface area contributed by atoms with Gasteiger partial charge in [-0.3, -0.25) is 4.79 Å². The van der Waals surface area contributed by atoms with Gasteiger partial charge in [-0.2, -0.15) is 5.10 Å². The minimum Gasteiger partial charge on any atom is -0.476 e. The van der Waals surface area contributed by atoms with Crippen LogP contribution in [0.3, 0.4) is 0 Å². The molecule has 1 heterocycles. The van der Waals surface area contributed by atoms with Crippen LogP contribution in [-0.2, 0) is 16.1 Å². The number of carbonyl (C=O) groups is 2. The first-order valence-corrected chi connectivity index (χ1v) is 9.20. The van der Waals surface area contributed by atoms with E-state index >= 15 is 0 Å². The smallest absolute Gasteiger partial charge is 0.356 e. The van der Waals surface area contributed by atoms with Gasteiger partial charge in [0.05, 0.1) is 11.1 Å². The molecule has 144 valence electrons. The maximum absolute atomic E-state index is 12.8. The van der Waals surface area contributed by atoms with Crippen LogP contribution >= 0.6 is 0 Å². The quantitative estimate of drug-likeness (QED) is 0.744. The van der Waals surface area contributed by atoms with E-state index in [9.17, 15) is 9.59 Å². The van der Waals surface area contributed by atoms with Gasteiger partial charge in [-0.05, 0) is 43.0 Å². The van der Waals surface area contributed by atoms with Gasteiger partial charge in [0.15, 0.2) is 5.69 Å². The van der Waals surface area contributed by atoms with E-state index in [1.165, 1.54) is 10.7 Å². The summed E-state index contributed by atoms with van der Waals surface area (Å²) in [4.78, 5) is 23.8. The summed E-state index contributed by atoms with van der Waals surface area (Å²) in [6, 6.07) is 9.00. The molecule has 3 rings (SSSR count). The highest BCUT2D eigenvalue weighted by atomic mass is 16.5. The summed E-state index contributed by atoms with van der Waals surface area (Å²) in [5.41, 5.74) is 1.37. The molecule has 2 N–H and O–H groups in total. The molecule has 0 spiro atoms. The summed E-state index contributed by atoms with van der Waals surface area (Å²) in [7, 11) is 1.66. The van der Waals surface area contributed by atoms with Crippen LogP contribution in [0.2, 0.25) is 0 Å². The maximum atomic E-state index is 12.8. The van der Waals surface area contributed by atoms with Gasteiger partial charge in [-0.25, -0.2) is 9.48 Å². The fraction of sp³-hybridized carbons (Fsp3) is 0.450. The van der Waals surface area contributed by atoms with E-state index in [1.54, 1.807) is 13.3 Å². The fourth-order valence-electron chi connectivity index (χ4n) is 3.70. The van der Waals surface area contributed by atoms with Crippen LogP contribution < -0.4 is 5.32 Å². The van der Waals surface area contributed by atoms with Crippen LogP contribution in [0.1, 0.15) is 48.2 Å². The molecular weight excluding hydrogens is 346 g/mol. The van der Waals surface area contributed by atoms with E-state index in [1.807, 2.05) is 24.3 Å². The number of amides is 1. The van der Waals surface area contributed by atoms with Gasteiger partial charge in [0, 0.05) is 26.5 Å². The molecule has 1 aromatic carbocycles. The number of benzene rings is 1. The van der Waals surface area contributed by atoms with Crippen molar-refractivity contribution in [3.8, 4) is 5.69 Å². The summed E-state index contributed by atoms with van der Waals surface area (Å²) >= 11 is 0. The Morgan fingerprint density at radius 1 is 1.30 bits per heavy atom. The first-order valence-electron chi connectivity index (χ1n) is 9.20. The largest absolute Gasteiger partial charge is 0.476 e. The number of ether oxygens (including phenoxy) is 1. The van der Waals surface area contributed by atoms with Gasteiger partial charge in [0.25, 0.3) is 0 Å². The van der Waals surface area contributed by atoms with E-state index in [4.69, 9.17) is 9.84 Å². The monoisotopic (exact) mass is 371 g/mol. The summed E-state index contributed by atoms with van der Waals surface area (Å²) in [6.07, 6.45) is 6.34. The van der Waals surface area contributed by atoms with Crippen LogP contribution in [0.5, 0.6) is 0 Å². The third-order valence-electron chi connectivity index (χ3n) is 5.26. The predicted molar refractivity (Wildman–Crippen MR) is 99.8 cm³/mol. The van der Waals surface area contributed by atoms with Crippen molar-refractivity contribution in [3.05, 3.63) is 47.8 Å². The zero-order chi connectivity index (χ0) is 19.3. The molecule has 7 heteroatoms. The van der Waals surface area contributed by atoms with Crippen LogP contribution in [0.25, 0.3) is 5.69 Å². The van der Waals surface area contributed by atoms with E-state index in [2.05, 4.69) is 10.4 Å². The lowest BCUT2D eigenvalue weighted by molar-refractivity contribution is -0.132. The number of nitrogens with one attached hydrogen (secondary N) is 1. The minimum atomic E-state index is -1.06. The average molecular weight is 371 g/mol. The molecule has 0 atom stereocenters. The summed E-state index contributed by atoms with van der Waals surface area (Å²) < 4.78 is 6.71. The Hall–Kier alpha value is -2.67. The van der Waals surface area contributed by atoms with Crippen LogP contribution in [0, 0.1) is 5.41 Å². The van der Waals surface area contributed by atoms with Crippen molar-refractivity contribution in [1.29, 1.82) is 0 Å². The maximum Gasteiger partial charge on any atom is 0.356 e. The molecule has 1 aromatic heterocycles. The molecular formula is C20H25N3O4. The van der Waals surface area contributed by atoms with Gasteiger partial charge in [0.1, 0.15) is 0 Å². The Balaban J connectivity index is 1.67. The average Bonchev–Trinajstić information content (AvgIpc) is 3.35. The molecule has 0 aliphatic heterocycles. The second kappa shape index (κ2) is 8.35. The lowest BCUT2D eigenvalue weighted by atomic mass is 9.82. The van der Waals surface area contributed by atoms with Crippen molar-refractivity contribution >= 4 is 11.9 Å². The third kappa shape index (κ3) is 4.36. The number of hydrogen-bond donors (Lipinski definition) is 2. The van der Waals surface area contributed by atoms with Gasteiger partial charge >= 0.3 is 5.97 Å². The molecule has 0 unspecified atom stereocenters. The standard InChI is InChI=1S/C20H25N3O4/c1-27-12-10-20(8-2-3-9-20)19(26)21-14-15-5-4-6-16(13-15)23-11-7-17(22-23)18(24)25/h4-7,11,13H,2-3,8-10,12,14H2,1H3,(H,21,26)(H,24,25). The summed E-state index contributed by atoms with van der Waals surface area (Å²) in [6.45, 7) is 1.02. The number of hydrogen-bond acceptors (Lipinski definition) is 4. The highest BCUT2D eigenvalue weighted by Crippen LogP contribution is 2.41. The summed E-state index contributed by atoms with van der Waals surface area (Å²) in [5, 5.41) is 16.1. The molecule has 7 nitrogen and oxygen atoms in total. The topological polar surface area (TPSA) is 93.5 Å². The second-order valence-electron chi connectivity index (χ2n) is 7.03. The first kappa shape index (κ1) is 19.1. The van der Waals surface area contributed by atoms with Gasteiger partial charge < -0.3 is 15.2 Å². The van der Waals surface area contributed by atoms with Crippen molar-refractivity contribution < 1.29 is 19.4 Å². The molecule has 0 bridgehead atoms. The van der Waals surface area contributed by atoms with Crippen LogP contribution in [0.4, 0.5) is 0 Å². The molecule has 1 aliphatic rings. The Morgan fingerprint density at radius 2 is 2.07 bits per heavy atom. The molecule has 2 aromatic rings. The number of methoxy groups -OCH3 is 1. The first-order chi connectivity index (χ1) is 13.0. The number of nitrogens with zero attached hydrogens (tertiary/aromatic N) is 2. The SMILES string of the molecule is COCCC1(C(=O)NCc2cccc(-n3ccc(C(=O)O)n3)c2)CCCC1. The number of aromatic carboxylic acids is 1. The van der Waals surface area contributed by atoms with Crippen molar-refractivity contribution in [3.63, 3.8) is 0 Å². The van der Waals surface area contributed by atoms with Crippen LogP contribution in [-0.4, -0.2) is 40.5 Å². The van der Waals surface area contributed by atoms with Crippen molar-refractivity contribution in [2.75, 3.05) is 13.7 Å². The van der Waals surface area contributed by atoms with E-state index < -0.39 is 5.97 Å². The number of carbonyl (C=O) groups excluding carboxylic acids is 1. The summed E-state index contributed by atoms with van der Waals surface area (Å²) in [5.74, 6) is -0.968. The van der Waals surface area contributed by atoms with E-state index in [0.29, 0.717) is 13.2 Å².